The first kappa shape index (κ1) is 16.3. The molecular weight excluding hydrogens is 307 g/mol. The zero-order valence-corrected chi connectivity index (χ0v) is 13.0. The van der Waals surface area contributed by atoms with Crippen molar-refractivity contribution in [3.05, 3.63) is 11.9 Å². The standard InChI is InChI=1S/C15H22F3N5/c16-15(17,18)14-20-12(22-5-1-2-6-22)9-13(21-14)23-7-3-11(10-19)4-8-23/h9,11H,1-8,10,19H2. The van der Waals surface area contributed by atoms with E-state index in [1.54, 1.807) is 6.07 Å². The second-order valence-electron chi connectivity index (χ2n) is 6.27. The molecule has 2 aliphatic heterocycles. The lowest BCUT2D eigenvalue weighted by Crippen LogP contribution is -2.37. The molecule has 2 saturated heterocycles. The molecule has 0 spiro atoms. The van der Waals surface area contributed by atoms with E-state index >= 15 is 0 Å². The minimum absolute atomic E-state index is 0.379. The smallest absolute Gasteiger partial charge is 0.356 e. The molecule has 8 heteroatoms. The van der Waals surface area contributed by atoms with E-state index in [1.165, 1.54) is 0 Å². The van der Waals surface area contributed by atoms with E-state index < -0.39 is 12.0 Å². The van der Waals surface area contributed by atoms with Crippen molar-refractivity contribution in [1.82, 2.24) is 9.97 Å². The molecule has 0 aromatic carbocycles. The Hall–Kier alpha value is -1.57. The molecule has 3 heterocycles. The lowest BCUT2D eigenvalue weighted by molar-refractivity contribution is -0.144. The summed E-state index contributed by atoms with van der Waals surface area (Å²) >= 11 is 0. The van der Waals surface area contributed by atoms with Gasteiger partial charge in [-0.05, 0) is 38.1 Å². The molecule has 23 heavy (non-hydrogen) atoms. The molecule has 2 N–H and O–H groups in total. The molecule has 2 fully saturated rings. The van der Waals surface area contributed by atoms with Gasteiger partial charge in [-0.3, -0.25) is 0 Å². The number of nitrogens with zero attached hydrogens (tertiary/aromatic N) is 4. The zero-order chi connectivity index (χ0) is 16.4. The number of hydrogen-bond acceptors (Lipinski definition) is 5. The number of halogens is 3. The van der Waals surface area contributed by atoms with Crippen LogP contribution in [0.5, 0.6) is 0 Å². The van der Waals surface area contributed by atoms with Gasteiger partial charge in [-0.1, -0.05) is 0 Å². The summed E-state index contributed by atoms with van der Waals surface area (Å²) in [6.45, 7) is 3.52. The van der Waals surface area contributed by atoms with Gasteiger partial charge >= 0.3 is 6.18 Å². The molecule has 2 aliphatic rings. The molecule has 0 saturated carbocycles. The monoisotopic (exact) mass is 329 g/mol. The molecular formula is C15H22F3N5. The Morgan fingerprint density at radius 2 is 1.52 bits per heavy atom. The highest BCUT2D eigenvalue weighted by Gasteiger charge is 2.36. The summed E-state index contributed by atoms with van der Waals surface area (Å²) in [5.41, 5.74) is 5.68. The van der Waals surface area contributed by atoms with Gasteiger partial charge in [0.05, 0.1) is 0 Å². The molecule has 0 bridgehead atoms. The first-order valence-electron chi connectivity index (χ1n) is 8.13. The number of nitrogens with two attached hydrogens (primary N) is 1. The third-order valence-corrected chi connectivity index (χ3v) is 4.65. The van der Waals surface area contributed by atoms with Crippen molar-refractivity contribution in [3.63, 3.8) is 0 Å². The highest BCUT2D eigenvalue weighted by Crippen LogP contribution is 2.32. The van der Waals surface area contributed by atoms with E-state index in [9.17, 15) is 13.2 Å². The van der Waals surface area contributed by atoms with Crippen LogP contribution < -0.4 is 15.5 Å². The Balaban J connectivity index is 1.88. The summed E-state index contributed by atoms with van der Waals surface area (Å²) in [5.74, 6) is 0.177. The summed E-state index contributed by atoms with van der Waals surface area (Å²) in [7, 11) is 0. The Labute approximate surface area is 133 Å². The van der Waals surface area contributed by atoms with Crippen LogP contribution in [0.1, 0.15) is 31.5 Å². The number of piperidine rings is 1. The molecule has 0 radical (unpaired) electrons. The topological polar surface area (TPSA) is 58.3 Å². The van der Waals surface area contributed by atoms with Gasteiger partial charge in [0, 0.05) is 32.2 Å². The van der Waals surface area contributed by atoms with Crippen LogP contribution in [0.2, 0.25) is 0 Å². The highest BCUT2D eigenvalue weighted by molar-refractivity contribution is 5.52. The van der Waals surface area contributed by atoms with Gasteiger partial charge < -0.3 is 15.5 Å². The van der Waals surface area contributed by atoms with Gasteiger partial charge in [-0.2, -0.15) is 13.2 Å². The van der Waals surface area contributed by atoms with Crippen molar-refractivity contribution in [2.45, 2.75) is 31.9 Å². The number of alkyl halides is 3. The van der Waals surface area contributed by atoms with E-state index in [2.05, 4.69) is 9.97 Å². The Morgan fingerprint density at radius 3 is 2.00 bits per heavy atom. The number of hydrogen-bond donors (Lipinski definition) is 1. The normalized spacial score (nSPS) is 20.3. The molecule has 1 aromatic heterocycles. The van der Waals surface area contributed by atoms with Crippen LogP contribution in [0.15, 0.2) is 6.07 Å². The quantitative estimate of drug-likeness (QED) is 0.922. The van der Waals surface area contributed by atoms with Crippen LogP contribution >= 0.6 is 0 Å². The summed E-state index contributed by atoms with van der Waals surface area (Å²) in [5, 5.41) is 0. The van der Waals surface area contributed by atoms with Crippen molar-refractivity contribution in [1.29, 1.82) is 0 Å². The van der Waals surface area contributed by atoms with Gasteiger partial charge in [-0.25, -0.2) is 9.97 Å². The van der Waals surface area contributed by atoms with Crippen LogP contribution in [0.3, 0.4) is 0 Å². The lowest BCUT2D eigenvalue weighted by atomic mass is 9.97. The van der Waals surface area contributed by atoms with Crippen molar-refractivity contribution in [3.8, 4) is 0 Å². The van der Waals surface area contributed by atoms with Crippen molar-refractivity contribution < 1.29 is 13.2 Å². The highest BCUT2D eigenvalue weighted by atomic mass is 19.4. The first-order chi connectivity index (χ1) is 11.0. The average molecular weight is 329 g/mol. The summed E-state index contributed by atoms with van der Waals surface area (Å²) in [4.78, 5) is 11.4. The average Bonchev–Trinajstić information content (AvgIpc) is 3.08. The van der Waals surface area contributed by atoms with E-state index in [4.69, 9.17) is 5.73 Å². The van der Waals surface area contributed by atoms with Crippen molar-refractivity contribution >= 4 is 11.6 Å². The summed E-state index contributed by atoms with van der Waals surface area (Å²) in [6, 6.07) is 1.70. The Bertz CT molecular complexity index is 534. The third kappa shape index (κ3) is 3.68. The molecule has 5 nitrogen and oxygen atoms in total. The molecule has 128 valence electrons. The second kappa shape index (κ2) is 6.51. The fourth-order valence-corrected chi connectivity index (χ4v) is 3.22. The van der Waals surface area contributed by atoms with Crippen LogP contribution in [0.4, 0.5) is 24.8 Å². The van der Waals surface area contributed by atoms with Gasteiger partial charge in [0.15, 0.2) is 0 Å². The molecule has 1 aromatic rings. The molecule has 0 amide bonds. The minimum Gasteiger partial charge on any atom is -0.356 e. The largest absolute Gasteiger partial charge is 0.451 e. The van der Waals surface area contributed by atoms with E-state index in [0.29, 0.717) is 37.2 Å². The number of rotatable bonds is 3. The maximum Gasteiger partial charge on any atom is 0.451 e. The minimum atomic E-state index is -4.53. The summed E-state index contributed by atoms with van der Waals surface area (Å²) < 4.78 is 39.4. The van der Waals surface area contributed by atoms with Gasteiger partial charge in [0.25, 0.3) is 0 Å². The number of anilines is 2. The van der Waals surface area contributed by atoms with Crippen molar-refractivity contribution in [2.24, 2.45) is 11.7 Å². The van der Waals surface area contributed by atoms with E-state index in [1.807, 2.05) is 9.80 Å². The van der Waals surface area contributed by atoms with Crippen molar-refractivity contribution in [2.75, 3.05) is 42.5 Å². The van der Waals surface area contributed by atoms with E-state index in [0.717, 1.165) is 38.8 Å². The number of aromatic nitrogens is 2. The van der Waals surface area contributed by atoms with Gasteiger partial charge in [-0.15, -0.1) is 0 Å². The third-order valence-electron chi connectivity index (χ3n) is 4.65. The Kier molecular flexibility index (Phi) is 4.61. The second-order valence-corrected chi connectivity index (χ2v) is 6.27. The van der Waals surface area contributed by atoms with Crippen LogP contribution in [-0.4, -0.2) is 42.7 Å². The fraction of sp³-hybridized carbons (Fsp3) is 0.733. The van der Waals surface area contributed by atoms with Crippen LogP contribution in [0.25, 0.3) is 0 Å². The lowest BCUT2D eigenvalue weighted by Gasteiger charge is -2.33. The van der Waals surface area contributed by atoms with Gasteiger partial charge in [0.1, 0.15) is 11.6 Å². The summed E-state index contributed by atoms with van der Waals surface area (Å²) in [6.07, 6.45) is -0.771. The maximum absolute atomic E-state index is 13.1. The SMILES string of the molecule is NCC1CCN(c2cc(N3CCCC3)nc(C(F)(F)F)n2)CC1. The zero-order valence-electron chi connectivity index (χ0n) is 13.0. The maximum atomic E-state index is 13.1. The molecule has 3 rings (SSSR count). The van der Waals surface area contributed by atoms with E-state index in [-0.39, 0.29) is 0 Å². The molecule has 0 unspecified atom stereocenters. The Morgan fingerprint density at radius 1 is 1.00 bits per heavy atom. The first-order valence-corrected chi connectivity index (χ1v) is 8.13. The molecule has 0 aliphatic carbocycles. The predicted molar refractivity (Wildman–Crippen MR) is 82.5 cm³/mol. The van der Waals surface area contributed by atoms with Crippen LogP contribution in [-0.2, 0) is 6.18 Å². The van der Waals surface area contributed by atoms with Gasteiger partial charge in [0.2, 0.25) is 5.82 Å². The molecule has 0 atom stereocenters. The predicted octanol–water partition coefficient (Wildman–Crippen LogP) is 2.27. The fourth-order valence-electron chi connectivity index (χ4n) is 3.22. The van der Waals surface area contributed by atoms with Crippen LogP contribution in [0, 0.1) is 5.92 Å².